The largest absolute Gasteiger partial charge is 6.00 e. The maximum atomic E-state index is 10.8. The van der Waals surface area contributed by atoms with Crippen molar-refractivity contribution in [1.29, 1.82) is 5.53 Å². The normalized spacial score (nSPS) is 18.6. The third-order valence-corrected chi connectivity index (χ3v) is 13.1. The Morgan fingerprint density at radius 3 is 0.418 bits per heavy atom. The molecule has 0 fully saturated rings. The van der Waals surface area contributed by atoms with Crippen LogP contribution < -0.4 is 0 Å². The minimum Gasteiger partial charge on any atom is -0.753 e. The van der Waals surface area contributed by atoms with Gasteiger partial charge in [-0.1, -0.05) is 267 Å². The average molecular weight is 2010 g/mol. The minimum atomic E-state index is -1.08. The molecule has 0 saturated heterocycles. The monoisotopic (exact) mass is 2010 g/mol. The van der Waals surface area contributed by atoms with Crippen LogP contribution in [0, 0.1) is 5.53 Å². The van der Waals surface area contributed by atoms with E-state index in [1.54, 1.807) is 17.3 Å². The first-order chi connectivity index (χ1) is 55.9. The van der Waals surface area contributed by atoms with Crippen molar-refractivity contribution in [3.63, 3.8) is 0 Å². The van der Waals surface area contributed by atoms with Gasteiger partial charge < -0.3 is 127 Å². The topological polar surface area (TPSA) is 587 Å². The molecule has 0 unspecified atom stereocenters. The molecule has 0 radical (unpaired) electrons. The first-order valence-corrected chi connectivity index (χ1v) is 34.2. The van der Waals surface area contributed by atoms with Gasteiger partial charge in [-0.25, -0.2) is 28.8 Å². The first kappa shape index (κ1) is 119. The molecule has 0 atom stereocenters. The maximum Gasteiger partial charge on any atom is 6.00 e. The summed E-state index contributed by atoms with van der Waals surface area (Å²) in [5.74, 6) is -6.23. The third-order valence-electron chi connectivity index (χ3n) is 13.1. The zero-order chi connectivity index (χ0) is 88.2. The first-order valence-electron chi connectivity index (χ1n) is 31.7. The molecule has 42 heteroatoms. The van der Waals surface area contributed by atoms with Crippen molar-refractivity contribution >= 4 is 140 Å². The van der Waals surface area contributed by atoms with Gasteiger partial charge in [-0.2, -0.15) is 174 Å². The van der Waals surface area contributed by atoms with E-state index >= 15 is 0 Å². The number of hydrogen-bond donors (Lipinski definition) is 7. The van der Waals surface area contributed by atoms with E-state index < -0.39 is 35.8 Å². The van der Waals surface area contributed by atoms with Crippen LogP contribution in [-0.4, -0.2) is 97.4 Å². The van der Waals surface area contributed by atoms with Crippen molar-refractivity contribution in [2.75, 3.05) is 0 Å². The number of carboxylic acids is 6. The van der Waals surface area contributed by atoms with E-state index in [0.717, 1.165) is 33.9 Å². The van der Waals surface area contributed by atoms with E-state index in [2.05, 4.69) is 165 Å². The van der Waals surface area contributed by atoms with Gasteiger partial charge in [0.2, 0.25) is 0 Å². The van der Waals surface area contributed by atoms with Crippen LogP contribution in [0.1, 0.15) is 56.4 Å². The number of aliphatic carboxylic acids is 6. The Kier molecular flexibility index (Phi) is 69.1. The van der Waals surface area contributed by atoms with Crippen LogP contribution in [0.5, 0.6) is 0 Å². The van der Waals surface area contributed by atoms with Gasteiger partial charge >= 0.3 is 94.2 Å². The summed E-state index contributed by atoms with van der Waals surface area (Å²) >= 11 is 22.2. The predicted octanol–water partition coefficient (Wildman–Crippen LogP) is 23.8. The Hall–Kier alpha value is -13.4. The number of allylic oxidation sites excluding steroid dienone is 24. The Morgan fingerprint density at radius 2 is 0.336 bits per heavy atom. The van der Waals surface area contributed by atoms with Crippen molar-refractivity contribution in [3.8, 4) is 0 Å². The number of hydrogen-bond acceptors (Lipinski definition) is 13. The van der Waals surface area contributed by atoms with Gasteiger partial charge in [0, 0.05) is 0 Å². The molecule has 0 spiro atoms. The number of thiocarbonyl (C=S) groups is 6. The summed E-state index contributed by atoms with van der Waals surface area (Å²) in [5.41, 5.74) is 27.5. The maximum absolute atomic E-state index is 10.8. The van der Waals surface area contributed by atoms with Crippen molar-refractivity contribution in [2.24, 2.45) is 0 Å². The zero-order valence-electron chi connectivity index (χ0n) is 62.9. The second-order valence-electron chi connectivity index (χ2n) is 21.4. The summed E-state index contributed by atoms with van der Waals surface area (Å²) in [6.07, 6.45) is 59.3. The SMILES string of the molecule is C.C.CC1=CC(=C2C=C(C(=O)O)C=C[N-]2)[N-]C=C1.CC1=CC(=C2C=C(C(=O)O)C=C[N-]2)[N-]C=C1.CC1=CC(=C2C=C(C)C=C[N-]2)[N-]C=C1.CC1=CC(=C2C=C(C)C=C[N-]2)[N-]C=C1.O=C(O)C1=CC(=C2C=C(C(=O)O)C=C[N-]2)[N-]C=C1.O=C(O)C1=CC(=C2C=C(C(=O)O)C=C[N-]2)[N-]C=C1.[N-]=C=S.[N-]=C=S.[N-]=C=S.[N-]=C=S.[N-]=C=S.[N-]=C=S.[N-]=[N+]=N.[Ru+6].[Ru+6].[Ru+6]. The van der Waals surface area contributed by atoms with Crippen molar-refractivity contribution in [1.82, 2.24) is 0 Å². The minimum absolute atomic E-state index is 0. The molecule has 0 aromatic heterocycles. The van der Waals surface area contributed by atoms with Crippen LogP contribution in [0.2, 0.25) is 0 Å². The van der Waals surface area contributed by atoms with E-state index in [9.17, 15) is 28.8 Å². The van der Waals surface area contributed by atoms with Crippen LogP contribution in [-0.2, 0) is 87.2 Å². The molecule has 12 aliphatic heterocycles. The van der Waals surface area contributed by atoms with Crippen molar-refractivity contribution in [2.45, 2.75) is 56.4 Å². The van der Waals surface area contributed by atoms with Gasteiger partial charge in [0.05, 0.1) is 33.4 Å². The number of rotatable bonds is 6. The Morgan fingerprint density at radius 1 is 0.254 bits per heavy atom. The molecule has 0 aromatic carbocycles. The molecule has 0 bridgehead atoms. The molecular weight excluding hydrogens is 1940 g/mol. The Balaban J connectivity index is -0.000000314. The van der Waals surface area contributed by atoms with Crippen molar-refractivity contribution < 1.29 is 118 Å². The summed E-state index contributed by atoms with van der Waals surface area (Å²) in [6.45, 7) is 12.1. The van der Waals surface area contributed by atoms with Gasteiger partial charge in [0.15, 0.2) is 0 Å². The van der Waals surface area contributed by atoms with Gasteiger partial charge in [-0.3, -0.25) is 0 Å². The number of nitrogens with zero attached hydrogens (tertiary/aromatic N) is 20. The zero-order valence-corrected chi connectivity index (χ0v) is 73.0. The van der Waals surface area contributed by atoms with Crippen LogP contribution in [0.4, 0.5) is 0 Å². The van der Waals surface area contributed by atoms with Crippen LogP contribution >= 0.6 is 73.3 Å². The molecule has 12 heterocycles. The number of carbonyl (C=O) groups is 6. The molecule has 0 saturated carbocycles. The summed E-state index contributed by atoms with van der Waals surface area (Å²) in [6, 6.07) is 0. The summed E-state index contributed by atoms with van der Waals surface area (Å²) in [4.78, 5) is 66.6. The number of isothiocyanates is 6. The smallest absolute Gasteiger partial charge is 0.753 e. The van der Waals surface area contributed by atoms with Crippen LogP contribution in [0.15, 0.2) is 355 Å². The molecule has 12 aliphatic rings. The van der Waals surface area contributed by atoms with Crippen LogP contribution in [0.25, 0.3) is 107 Å². The molecule has 12 rings (SSSR count). The van der Waals surface area contributed by atoms with Gasteiger partial charge in [0.1, 0.15) is 0 Å². The summed E-state index contributed by atoms with van der Waals surface area (Å²) in [5, 5.41) is 154. The quantitative estimate of drug-likeness (QED) is 0.0324. The summed E-state index contributed by atoms with van der Waals surface area (Å²) < 4.78 is 0. The van der Waals surface area contributed by atoms with Gasteiger partial charge in [-0.05, 0) is 52.0 Å². The molecule has 0 aliphatic carbocycles. The molecule has 33 nitrogen and oxygen atoms in total. The standard InChI is InChI=1S/2C12H8N2O4.2C12H10N2O2.2C12H12N2.6CNS.2CH4.HN3.3Ru/c2*15-11(16)7-1-3-13-9(5-7)10-6-8(12(17)18)2-4-14-10;2*1-8-2-4-13-10(6-8)11-7-9(12(15)16)3-5-14-11;2*1-9-3-5-13-11(7-9)12-8-10(2)4-6-14-12;6*2-1-3;;;1-3-2;;;/h2*1-6H,(H,15,16)(H,17,18);2*2-7H,1H3,(H,15,16);2*3-8H,1-2H3;;;;;;;2*1H4;1H;;;/q6*-2;6*-1;;;;3*+6. The second kappa shape index (κ2) is 70.6. The van der Waals surface area contributed by atoms with Gasteiger partial charge in [-0.15, -0.1) is 5.53 Å². The second-order valence-corrected chi connectivity index (χ2v) is 22.5. The fraction of sp³-hybridized carbons (Fsp3) is 0.100. The Labute approximate surface area is 775 Å². The molecular formula is C80H69N21O12Ru3S6. The van der Waals surface area contributed by atoms with Crippen LogP contribution in [0.3, 0.4) is 0 Å². The average Bonchev–Trinajstić information content (AvgIpc) is 0.842. The fourth-order valence-corrected chi connectivity index (χ4v) is 8.28. The van der Waals surface area contributed by atoms with E-state index in [0.29, 0.717) is 45.6 Å². The Bertz CT molecular complexity index is 4530. The van der Waals surface area contributed by atoms with E-state index in [-0.39, 0.29) is 107 Å². The van der Waals surface area contributed by atoms with E-state index in [1.807, 2.05) is 112 Å². The van der Waals surface area contributed by atoms with E-state index in [1.165, 1.54) is 163 Å². The van der Waals surface area contributed by atoms with Gasteiger partial charge in [0.25, 0.3) is 0 Å². The molecule has 626 valence electrons. The molecule has 0 amide bonds. The third kappa shape index (κ3) is 49.7. The fourth-order valence-electron chi connectivity index (χ4n) is 8.28. The molecule has 7 N–H and O–H groups in total. The van der Waals surface area contributed by atoms with Crippen molar-refractivity contribution in [3.05, 3.63) is 462 Å². The predicted molar refractivity (Wildman–Crippen MR) is 488 cm³/mol. The molecule has 122 heavy (non-hydrogen) atoms. The number of carboxylic acid groups (broad SMARTS) is 6. The summed E-state index contributed by atoms with van der Waals surface area (Å²) in [7, 11) is 0. The van der Waals surface area contributed by atoms with E-state index in [4.69, 9.17) is 74.2 Å². The molecule has 0 aromatic rings. The number of nitrogens with one attached hydrogen (secondary N) is 1.